The lowest BCUT2D eigenvalue weighted by molar-refractivity contribution is 0.214. The third-order valence-corrected chi connectivity index (χ3v) is 6.64. The van der Waals surface area contributed by atoms with Crippen LogP contribution in [0.3, 0.4) is 0 Å². The molecule has 1 aliphatic heterocycles. The van der Waals surface area contributed by atoms with Crippen molar-refractivity contribution in [1.29, 1.82) is 0 Å². The van der Waals surface area contributed by atoms with Gasteiger partial charge in [-0.3, -0.25) is 0 Å². The van der Waals surface area contributed by atoms with E-state index in [1.165, 1.54) is 28.7 Å². The Balaban J connectivity index is 2.00. The summed E-state index contributed by atoms with van der Waals surface area (Å²) in [6, 6.07) is 11.4. The highest BCUT2D eigenvalue weighted by Gasteiger charge is 2.38. The van der Waals surface area contributed by atoms with Gasteiger partial charge in [-0.25, -0.2) is 0 Å². The lowest BCUT2D eigenvalue weighted by atomic mass is 9.74. The molecular formula is C19H20BrClN2. The van der Waals surface area contributed by atoms with E-state index in [4.69, 9.17) is 17.3 Å². The highest BCUT2D eigenvalue weighted by atomic mass is 79.9. The zero-order valence-electron chi connectivity index (χ0n) is 13.2. The highest BCUT2D eigenvalue weighted by molar-refractivity contribution is 9.10. The van der Waals surface area contributed by atoms with Gasteiger partial charge in [-0.2, -0.15) is 0 Å². The van der Waals surface area contributed by atoms with Crippen LogP contribution in [-0.4, -0.2) is 24.5 Å². The van der Waals surface area contributed by atoms with Gasteiger partial charge in [0.15, 0.2) is 0 Å². The molecular weight excluding hydrogens is 372 g/mol. The van der Waals surface area contributed by atoms with Gasteiger partial charge in [0, 0.05) is 23.0 Å². The van der Waals surface area contributed by atoms with Crippen LogP contribution in [0.25, 0.3) is 0 Å². The lowest BCUT2D eigenvalue weighted by Crippen LogP contribution is -2.39. The third-order valence-electron chi connectivity index (χ3n) is 5.47. The van der Waals surface area contributed by atoms with Crippen LogP contribution in [0.5, 0.6) is 0 Å². The highest BCUT2D eigenvalue weighted by Crippen LogP contribution is 2.47. The first kappa shape index (κ1) is 15.5. The molecule has 0 radical (unpaired) electrons. The van der Waals surface area contributed by atoms with Gasteiger partial charge < -0.3 is 10.6 Å². The van der Waals surface area contributed by atoms with Gasteiger partial charge in [0.1, 0.15) is 0 Å². The molecule has 0 saturated carbocycles. The standard InChI is InChI=1S/C19H20BrClN2/c1-23-9-8-12-10-14(21)19(22)18(20)16(12)17-13-5-3-2-4-11(13)6-7-15(17)23/h2-5,10,15,17H,6-9,22H2,1H3/t15-,17-/m0/s1. The number of benzene rings is 2. The molecule has 2 N–H and O–H groups in total. The first-order valence-electron chi connectivity index (χ1n) is 8.12. The quantitative estimate of drug-likeness (QED) is 0.664. The van der Waals surface area contributed by atoms with Crippen LogP contribution >= 0.6 is 27.5 Å². The summed E-state index contributed by atoms with van der Waals surface area (Å²) in [5.41, 5.74) is 12.5. The molecule has 4 rings (SSSR count). The number of anilines is 1. The minimum absolute atomic E-state index is 0.358. The van der Waals surface area contributed by atoms with Crippen molar-refractivity contribution in [3.8, 4) is 0 Å². The van der Waals surface area contributed by atoms with Crippen LogP contribution < -0.4 is 5.73 Å². The largest absolute Gasteiger partial charge is 0.397 e. The fraction of sp³-hybridized carbons (Fsp3) is 0.368. The fourth-order valence-electron chi connectivity index (χ4n) is 4.27. The van der Waals surface area contributed by atoms with Crippen LogP contribution in [0.1, 0.15) is 34.6 Å². The number of nitrogens with two attached hydrogens (primary N) is 1. The number of hydrogen-bond donors (Lipinski definition) is 1. The number of rotatable bonds is 0. The summed E-state index contributed by atoms with van der Waals surface area (Å²) in [5.74, 6) is 0.358. The molecule has 1 heterocycles. The van der Waals surface area contributed by atoms with E-state index >= 15 is 0 Å². The van der Waals surface area contributed by atoms with Crippen molar-refractivity contribution in [2.45, 2.75) is 31.2 Å². The molecule has 2 nitrogen and oxygen atoms in total. The molecule has 0 aromatic heterocycles. The first-order valence-corrected chi connectivity index (χ1v) is 9.29. The third kappa shape index (κ3) is 2.41. The minimum atomic E-state index is 0.358. The number of hydrogen-bond acceptors (Lipinski definition) is 2. The number of halogens is 2. The van der Waals surface area contributed by atoms with Gasteiger partial charge in [0.25, 0.3) is 0 Å². The zero-order chi connectivity index (χ0) is 16.1. The van der Waals surface area contributed by atoms with Gasteiger partial charge in [-0.15, -0.1) is 0 Å². The van der Waals surface area contributed by atoms with Crippen LogP contribution in [0.2, 0.25) is 5.02 Å². The van der Waals surface area contributed by atoms with Gasteiger partial charge in [0.05, 0.1) is 10.7 Å². The molecule has 2 atom stereocenters. The number of likely N-dealkylation sites (N-methyl/N-ethyl adjacent to an activating group) is 1. The maximum atomic E-state index is 6.35. The van der Waals surface area contributed by atoms with E-state index in [2.05, 4.69) is 58.2 Å². The molecule has 2 aromatic carbocycles. The first-order chi connectivity index (χ1) is 11.1. The summed E-state index contributed by atoms with van der Waals surface area (Å²) < 4.78 is 0.988. The van der Waals surface area contributed by atoms with Crippen LogP contribution in [0, 0.1) is 0 Å². The van der Waals surface area contributed by atoms with Crippen LogP contribution in [0.15, 0.2) is 34.8 Å². The smallest absolute Gasteiger partial charge is 0.0651 e. The molecule has 0 spiro atoms. The Labute approximate surface area is 150 Å². The SMILES string of the molecule is CN1CCc2cc(Cl)c(N)c(Br)c2[C@H]2c3ccccc3CC[C@@H]21. The summed E-state index contributed by atoms with van der Waals surface area (Å²) in [4.78, 5) is 2.51. The van der Waals surface area contributed by atoms with Crippen LogP contribution in [0.4, 0.5) is 5.69 Å². The van der Waals surface area contributed by atoms with Crippen LogP contribution in [-0.2, 0) is 12.8 Å². The van der Waals surface area contributed by atoms with Gasteiger partial charge >= 0.3 is 0 Å². The Morgan fingerprint density at radius 2 is 2.00 bits per heavy atom. The molecule has 4 heteroatoms. The van der Waals surface area contributed by atoms with Gasteiger partial charge in [-0.05, 0) is 70.6 Å². The maximum Gasteiger partial charge on any atom is 0.0651 e. The molecule has 120 valence electrons. The predicted molar refractivity (Wildman–Crippen MR) is 100 cm³/mol. The predicted octanol–water partition coefficient (Wildman–Crippen LogP) is 4.62. The van der Waals surface area contributed by atoms with Gasteiger partial charge in [0.2, 0.25) is 0 Å². The van der Waals surface area contributed by atoms with Crippen molar-refractivity contribution in [1.82, 2.24) is 4.90 Å². The summed E-state index contributed by atoms with van der Waals surface area (Å²) >= 11 is 10.1. The lowest BCUT2D eigenvalue weighted by Gasteiger charge is -2.38. The van der Waals surface area contributed by atoms with Crippen molar-refractivity contribution in [3.63, 3.8) is 0 Å². The van der Waals surface area contributed by atoms with Crippen molar-refractivity contribution in [2.24, 2.45) is 0 Å². The topological polar surface area (TPSA) is 29.3 Å². The van der Waals surface area contributed by atoms with E-state index in [1.807, 2.05) is 0 Å². The van der Waals surface area contributed by atoms with E-state index in [0.29, 0.717) is 22.7 Å². The van der Waals surface area contributed by atoms with Crippen molar-refractivity contribution in [3.05, 3.63) is 62.1 Å². The normalized spacial score (nSPS) is 23.6. The van der Waals surface area contributed by atoms with Crippen molar-refractivity contribution in [2.75, 3.05) is 19.3 Å². The number of nitrogen functional groups attached to an aromatic ring is 1. The van der Waals surface area contributed by atoms with E-state index in [9.17, 15) is 0 Å². The van der Waals surface area contributed by atoms with Gasteiger partial charge in [-0.1, -0.05) is 35.9 Å². The maximum absolute atomic E-state index is 6.35. The summed E-state index contributed by atoms with van der Waals surface area (Å²) in [5, 5.41) is 0.654. The molecule has 0 unspecified atom stereocenters. The minimum Gasteiger partial charge on any atom is -0.397 e. The van der Waals surface area contributed by atoms with E-state index in [0.717, 1.165) is 23.9 Å². The van der Waals surface area contributed by atoms with E-state index < -0.39 is 0 Å². The Morgan fingerprint density at radius 1 is 1.22 bits per heavy atom. The second-order valence-corrected chi connectivity index (χ2v) is 7.87. The number of fused-ring (bicyclic) bond motifs is 5. The zero-order valence-corrected chi connectivity index (χ0v) is 15.5. The average molecular weight is 392 g/mol. The number of nitrogens with zero attached hydrogens (tertiary/aromatic N) is 1. The van der Waals surface area contributed by atoms with E-state index in [1.54, 1.807) is 0 Å². The monoisotopic (exact) mass is 390 g/mol. The summed E-state index contributed by atoms with van der Waals surface area (Å²) in [6.45, 7) is 1.06. The average Bonchev–Trinajstić information content (AvgIpc) is 2.70. The second kappa shape index (κ2) is 5.80. The Hall–Kier alpha value is -1.03. The fourth-order valence-corrected chi connectivity index (χ4v) is 5.33. The molecule has 0 saturated heterocycles. The molecule has 0 amide bonds. The molecule has 2 aliphatic rings. The summed E-state index contributed by atoms with van der Waals surface area (Å²) in [6.07, 6.45) is 3.35. The summed E-state index contributed by atoms with van der Waals surface area (Å²) in [7, 11) is 2.25. The van der Waals surface area contributed by atoms with E-state index in [-0.39, 0.29) is 0 Å². The Kier molecular flexibility index (Phi) is 3.91. The Morgan fingerprint density at radius 3 is 2.83 bits per heavy atom. The van der Waals surface area contributed by atoms with Crippen molar-refractivity contribution < 1.29 is 0 Å². The molecule has 0 bridgehead atoms. The number of aryl methyl sites for hydroxylation is 1. The molecule has 23 heavy (non-hydrogen) atoms. The Bertz CT molecular complexity index is 774. The molecule has 2 aromatic rings. The molecule has 0 fully saturated rings. The van der Waals surface area contributed by atoms with Crippen molar-refractivity contribution >= 4 is 33.2 Å². The second-order valence-electron chi connectivity index (χ2n) is 6.67. The molecule has 1 aliphatic carbocycles.